The van der Waals surface area contributed by atoms with Crippen LogP contribution in [-0.2, 0) is 22.7 Å². The van der Waals surface area contributed by atoms with E-state index in [0.29, 0.717) is 11.1 Å². The lowest BCUT2D eigenvalue weighted by molar-refractivity contribution is -0.140. The molecule has 0 atom stereocenters. The SMILES string of the molecule is Cc1c(NC(=O)c2cc(C(N)=O)c3cc(S(N)(=O)=O)ccc3n2)c(C(F)(F)F)nn1Cc1ccc(C#N)cc1. The molecule has 200 valence electrons. The van der Waals surface area contributed by atoms with Crippen LogP contribution in [0, 0.1) is 18.3 Å². The van der Waals surface area contributed by atoms with Crippen molar-refractivity contribution in [2.45, 2.75) is 24.5 Å². The number of carbonyl (C=O) groups excluding carboxylic acids is 2. The second kappa shape index (κ2) is 9.82. The van der Waals surface area contributed by atoms with Crippen molar-refractivity contribution < 1.29 is 31.2 Å². The molecule has 2 aromatic carbocycles. The number of anilines is 1. The van der Waals surface area contributed by atoms with Crippen LogP contribution in [0.3, 0.4) is 0 Å². The van der Waals surface area contributed by atoms with Crippen LogP contribution in [0.1, 0.15) is 43.4 Å². The first-order valence-electron chi connectivity index (χ1n) is 10.9. The van der Waals surface area contributed by atoms with E-state index in [1.807, 2.05) is 6.07 Å². The summed E-state index contributed by atoms with van der Waals surface area (Å²) in [5, 5.41) is 19.8. The normalized spacial score (nSPS) is 11.8. The zero-order chi connectivity index (χ0) is 28.7. The molecule has 0 bridgehead atoms. The third-order valence-electron chi connectivity index (χ3n) is 5.74. The number of nitrogens with two attached hydrogens (primary N) is 2. The van der Waals surface area contributed by atoms with Crippen LogP contribution in [-0.4, -0.2) is 35.0 Å². The summed E-state index contributed by atoms with van der Waals surface area (Å²) < 4.78 is 66.0. The summed E-state index contributed by atoms with van der Waals surface area (Å²) in [6.45, 7) is 1.25. The van der Waals surface area contributed by atoms with Crippen LogP contribution in [0.25, 0.3) is 10.9 Å². The maximum atomic E-state index is 13.8. The molecule has 0 radical (unpaired) electrons. The number of primary sulfonamides is 1. The van der Waals surface area contributed by atoms with E-state index in [4.69, 9.17) is 16.1 Å². The number of primary amides is 1. The van der Waals surface area contributed by atoms with Gasteiger partial charge in [-0.2, -0.15) is 23.5 Å². The number of nitriles is 1. The van der Waals surface area contributed by atoms with E-state index in [2.05, 4.69) is 15.4 Å². The molecule has 0 unspecified atom stereocenters. The van der Waals surface area contributed by atoms with Crippen LogP contribution >= 0.6 is 0 Å². The summed E-state index contributed by atoms with van der Waals surface area (Å²) in [7, 11) is -4.14. The maximum Gasteiger partial charge on any atom is 0.437 e. The Hall–Kier alpha value is -4.81. The highest BCUT2D eigenvalue weighted by molar-refractivity contribution is 7.89. The lowest BCUT2D eigenvalue weighted by Gasteiger charge is -2.11. The van der Waals surface area contributed by atoms with Crippen molar-refractivity contribution in [2.24, 2.45) is 10.9 Å². The first kappa shape index (κ1) is 27.2. The summed E-state index contributed by atoms with van der Waals surface area (Å²) in [5.74, 6) is -2.13. The number of aromatic nitrogens is 3. The fraction of sp³-hybridized carbons (Fsp3) is 0.125. The molecule has 0 fully saturated rings. The van der Waals surface area contributed by atoms with Gasteiger partial charge in [-0.15, -0.1) is 0 Å². The number of nitrogens with one attached hydrogen (secondary N) is 1. The minimum absolute atomic E-state index is 0.0197. The van der Waals surface area contributed by atoms with Crippen LogP contribution in [0.15, 0.2) is 53.4 Å². The van der Waals surface area contributed by atoms with Crippen LogP contribution in [0.5, 0.6) is 0 Å². The van der Waals surface area contributed by atoms with Gasteiger partial charge in [0, 0.05) is 5.39 Å². The second-order valence-corrected chi connectivity index (χ2v) is 9.93. The molecule has 0 aliphatic rings. The maximum absolute atomic E-state index is 13.8. The number of hydrogen-bond acceptors (Lipinski definition) is 7. The average Bonchev–Trinajstić information content (AvgIpc) is 3.17. The van der Waals surface area contributed by atoms with Gasteiger partial charge in [0.15, 0.2) is 5.69 Å². The topological polar surface area (TPSA) is 187 Å². The number of fused-ring (bicyclic) bond motifs is 1. The molecule has 0 aliphatic carbocycles. The quantitative estimate of drug-likeness (QED) is 0.325. The Morgan fingerprint density at radius 1 is 1.13 bits per heavy atom. The zero-order valence-corrected chi connectivity index (χ0v) is 20.8. The fourth-order valence-electron chi connectivity index (χ4n) is 3.79. The molecule has 4 rings (SSSR count). The van der Waals surface area contributed by atoms with Crippen molar-refractivity contribution in [2.75, 3.05) is 5.32 Å². The Morgan fingerprint density at radius 3 is 2.36 bits per heavy atom. The van der Waals surface area contributed by atoms with E-state index in [-0.39, 0.29) is 33.6 Å². The molecule has 4 aromatic rings. The van der Waals surface area contributed by atoms with Gasteiger partial charge in [-0.25, -0.2) is 18.5 Å². The monoisotopic (exact) mass is 557 g/mol. The van der Waals surface area contributed by atoms with E-state index in [9.17, 15) is 31.2 Å². The molecule has 15 heteroatoms. The van der Waals surface area contributed by atoms with Gasteiger partial charge in [0.05, 0.1) is 45.5 Å². The minimum Gasteiger partial charge on any atom is -0.366 e. The molecule has 2 amide bonds. The number of rotatable bonds is 6. The lowest BCUT2D eigenvalue weighted by atomic mass is 10.1. The zero-order valence-electron chi connectivity index (χ0n) is 19.9. The average molecular weight is 558 g/mol. The highest BCUT2D eigenvalue weighted by atomic mass is 32.2. The number of sulfonamides is 1. The molecule has 2 aromatic heterocycles. The highest BCUT2D eigenvalue weighted by Crippen LogP contribution is 2.36. The molecular weight excluding hydrogens is 539 g/mol. The third-order valence-corrected chi connectivity index (χ3v) is 6.65. The molecule has 11 nitrogen and oxygen atoms in total. The van der Waals surface area contributed by atoms with E-state index in [1.165, 1.54) is 25.1 Å². The van der Waals surface area contributed by atoms with E-state index < -0.39 is 45.1 Å². The van der Waals surface area contributed by atoms with Crippen molar-refractivity contribution in [1.82, 2.24) is 14.8 Å². The molecule has 0 spiro atoms. The summed E-state index contributed by atoms with van der Waals surface area (Å²) in [4.78, 5) is 28.8. The largest absolute Gasteiger partial charge is 0.437 e. The van der Waals surface area contributed by atoms with Crippen molar-refractivity contribution in [1.29, 1.82) is 5.26 Å². The van der Waals surface area contributed by atoms with Gasteiger partial charge < -0.3 is 11.1 Å². The predicted octanol–water partition coefficient (Wildman–Crippen LogP) is 2.68. The second-order valence-electron chi connectivity index (χ2n) is 8.37. The first-order chi connectivity index (χ1) is 18.2. The molecule has 0 aliphatic heterocycles. The number of hydrogen-bond donors (Lipinski definition) is 3. The smallest absolute Gasteiger partial charge is 0.366 e. The Morgan fingerprint density at radius 2 is 1.79 bits per heavy atom. The van der Waals surface area contributed by atoms with Crippen molar-refractivity contribution in [3.63, 3.8) is 0 Å². The molecule has 39 heavy (non-hydrogen) atoms. The number of nitrogens with zero attached hydrogens (tertiary/aromatic N) is 4. The first-order valence-corrected chi connectivity index (χ1v) is 12.5. The summed E-state index contributed by atoms with van der Waals surface area (Å²) in [5.41, 5.74) is 3.59. The van der Waals surface area contributed by atoms with Crippen molar-refractivity contribution >= 4 is 38.4 Å². The Kier molecular flexibility index (Phi) is 6.85. The van der Waals surface area contributed by atoms with Gasteiger partial charge in [-0.1, -0.05) is 12.1 Å². The van der Waals surface area contributed by atoms with Gasteiger partial charge >= 0.3 is 6.18 Å². The molecular formula is C24H18F3N7O4S. The van der Waals surface area contributed by atoms with Crippen LogP contribution in [0.4, 0.5) is 18.9 Å². The Labute approximate surface area is 218 Å². The number of alkyl halides is 3. The van der Waals surface area contributed by atoms with E-state index >= 15 is 0 Å². The van der Waals surface area contributed by atoms with Gasteiger partial charge in [-0.3, -0.25) is 14.3 Å². The number of carbonyl (C=O) groups is 2. The van der Waals surface area contributed by atoms with Crippen LogP contribution in [0.2, 0.25) is 0 Å². The van der Waals surface area contributed by atoms with Gasteiger partial charge in [0.1, 0.15) is 5.69 Å². The molecule has 0 saturated carbocycles. The summed E-state index contributed by atoms with van der Waals surface area (Å²) in [6, 6.07) is 12.4. The minimum atomic E-state index is -4.93. The van der Waals surface area contributed by atoms with Crippen molar-refractivity contribution in [3.8, 4) is 6.07 Å². The predicted molar refractivity (Wildman–Crippen MR) is 132 cm³/mol. The Balaban J connectivity index is 1.75. The number of benzene rings is 2. The highest BCUT2D eigenvalue weighted by Gasteiger charge is 2.39. The fourth-order valence-corrected chi connectivity index (χ4v) is 4.33. The third kappa shape index (κ3) is 5.56. The molecule has 0 saturated heterocycles. The number of amides is 2. The lowest BCUT2D eigenvalue weighted by Crippen LogP contribution is -2.20. The standard InChI is InChI=1S/C24H18F3N7O4S/c1-12-20(21(24(25,26)27)33-34(12)11-14-4-2-13(10-28)3-5-14)32-23(36)19-9-17(22(29)35)16-8-15(39(30,37)38)6-7-18(16)31-19/h2-9H,11H2,1H3,(H2,29,35)(H,32,36)(H2,30,37,38). The number of pyridine rings is 1. The summed E-state index contributed by atoms with van der Waals surface area (Å²) in [6.07, 6.45) is -4.93. The Bertz CT molecular complexity index is 1790. The van der Waals surface area contributed by atoms with Gasteiger partial charge in [0.25, 0.3) is 5.91 Å². The van der Waals surface area contributed by atoms with Crippen LogP contribution < -0.4 is 16.2 Å². The van der Waals surface area contributed by atoms with Gasteiger partial charge in [-0.05, 0) is 48.9 Å². The summed E-state index contributed by atoms with van der Waals surface area (Å²) >= 11 is 0. The molecule has 2 heterocycles. The number of halogens is 3. The van der Waals surface area contributed by atoms with Crippen molar-refractivity contribution in [3.05, 3.63) is 82.3 Å². The van der Waals surface area contributed by atoms with E-state index in [0.717, 1.165) is 22.9 Å². The molecule has 5 N–H and O–H groups in total. The van der Waals surface area contributed by atoms with Gasteiger partial charge in [0.2, 0.25) is 15.9 Å². The van der Waals surface area contributed by atoms with E-state index in [1.54, 1.807) is 12.1 Å².